The number of pyridine rings is 1. The molecule has 1 saturated carbocycles. The van der Waals surface area contributed by atoms with Gasteiger partial charge < -0.3 is 5.32 Å². The molecular formula is C18H20N2O. The van der Waals surface area contributed by atoms with Crippen molar-refractivity contribution in [3.8, 4) is 0 Å². The van der Waals surface area contributed by atoms with E-state index in [2.05, 4.69) is 22.4 Å². The molecule has 1 aliphatic rings. The Labute approximate surface area is 125 Å². The minimum atomic E-state index is -0.180. The Hall–Kier alpha value is -2.16. The molecule has 2 aromatic rings. The maximum absolute atomic E-state index is 12.4. The predicted octanol–water partition coefficient (Wildman–Crippen LogP) is 3.21. The summed E-state index contributed by atoms with van der Waals surface area (Å²) in [6.45, 7) is 0. The highest BCUT2D eigenvalue weighted by atomic mass is 16.1. The normalized spacial score (nSPS) is 16.6. The van der Waals surface area contributed by atoms with Crippen LogP contribution < -0.4 is 5.32 Å². The summed E-state index contributed by atoms with van der Waals surface area (Å²) in [7, 11) is 0. The first-order chi connectivity index (χ1) is 10.3. The minimum Gasteiger partial charge on any atom is -0.346 e. The van der Waals surface area contributed by atoms with E-state index in [1.165, 1.54) is 18.4 Å². The van der Waals surface area contributed by atoms with Crippen molar-refractivity contribution in [1.29, 1.82) is 0 Å². The molecule has 3 rings (SSSR count). The van der Waals surface area contributed by atoms with Gasteiger partial charge >= 0.3 is 0 Å². The van der Waals surface area contributed by atoms with Crippen molar-refractivity contribution < 1.29 is 4.79 Å². The van der Waals surface area contributed by atoms with Crippen LogP contribution in [-0.2, 0) is 16.8 Å². The molecule has 1 N–H and O–H groups in total. The molecular weight excluding hydrogens is 260 g/mol. The summed E-state index contributed by atoms with van der Waals surface area (Å²) < 4.78 is 0. The third-order valence-corrected chi connectivity index (χ3v) is 4.25. The third kappa shape index (κ3) is 3.13. The van der Waals surface area contributed by atoms with Gasteiger partial charge in [-0.1, -0.05) is 49.2 Å². The van der Waals surface area contributed by atoms with Gasteiger partial charge in [-0.25, -0.2) is 0 Å². The summed E-state index contributed by atoms with van der Waals surface area (Å²) >= 11 is 0. The monoisotopic (exact) mass is 280 g/mol. The van der Waals surface area contributed by atoms with Crippen LogP contribution in [0.5, 0.6) is 0 Å². The molecule has 21 heavy (non-hydrogen) atoms. The van der Waals surface area contributed by atoms with E-state index in [4.69, 9.17) is 0 Å². The molecule has 0 spiro atoms. The van der Waals surface area contributed by atoms with Crippen LogP contribution in [-0.4, -0.2) is 10.9 Å². The predicted molar refractivity (Wildman–Crippen MR) is 82.7 cm³/mol. The Morgan fingerprint density at radius 3 is 2.52 bits per heavy atom. The Morgan fingerprint density at radius 1 is 1.10 bits per heavy atom. The minimum absolute atomic E-state index is 0.0775. The van der Waals surface area contributed by atoms with E-state index in [0.717, 1.165) is 18.4 Å². The summed E-state index contributed by atoms with van der Waals surface area (Å²) in [6, 6.07) is 14.2. The number of hydrogen-bond acceptors (Lipinski definition) is 2. The van der Waals surface area contributed by atoms with Crippen LogP contribution in [0.1, 0.15) is 36.8 Å². The van der Waals surface area contributed by atoms with E-state index in [-0.39, 0.29) is 11.4 Å². The van der Waals surface area contributed by atoms with E-state index < -0.39 is 0 Å². The number of hydrogen-bond donors (Lipinski definition) is 1. The number of rotatable bonds is 4. The highest BCUT2D eigenvalue weighted by Crippen LogP contribution is 2.38. The van der Waals surface area contributed by atoms with E-state index in [1.54, 1.807) is 12.4 Å². The van der Waals surface area contributed by atoms with Crippen molar-refractivity contribution >= 4 is 5.91 Å². The van der Waals surface area contributed by atoms with Gasteiger partial charge in [-0.05, 0) is 30.0 Å². The average molecular weight is 280 g/mol. The number of carbonyl (C=O) groups excluding carboxylic acids is 1. The van der Waals surface area contributed by atoms with Gasteiger partial charge in [0.1, 0.15) is 0 Å². The zero-order chi connectivity index (χ0) is 14.5. The summed E-state index contributed by atoms with van der Waals surface area (Å²) in [5.41, 5.74) is 2.00. The van der Waals surface area contributed by atoms with Crippen LogP contribution in [0.4, 0.5) is 0 Å². The fourth-order valence-corrected chi connectivity index (χ4v) is 3.22. The van der Waals surface area contributed by atoms with Crippen molar-refractivity contribution in [1.82, 2.24) is 10.3 Å². The van der Waals surface area contributed by atoms with Crippen LogP contribution in [0.25, 0.3) is 0 Å². The first kappa shape index (κ1) is 13.8. The summed E-state index contributed by atoms with van der Waals surface area (Å²) in [4.78, 5) is 16.5. The smallest absolute Gasteiger partial charge is 0.225 e. The van der Waals surface area contributed by atoms with Crippen molar-refractivity contribution in [2.24, 2.45) is 0 Å². The highest BCUT2D eigenvalue weighted by Gasteiger charge is 2.36. The lowest BCUT2D eigenvalue weighted by atomic mass is 9.88. The van der Waals surface area contributed by atoms with Crippen molar-refractivity contribution in [3.05, 3.63) is 66.0 Å². The van der Waals surface area contributed by atoms with E-state index >= 15 is 0 Å². The Kier molecular flexibility index (Phi) is 4.00. The van der Waals surface area contributed by atoms with Crippen LogP contribution in [0.3, 0.4) is 0 Å². The Balaban J connectivity index is 1.75. The van der Waals surface area contributed by atoms with Crippen LogP contribution in [0.15, 0.2) is 54.9 Å². The molecule has 0 aliphatic heterocycles. The third-order valence-electron chi connectivity index (χ3n) is 4.25. The molecule has 1 amide bonds. The summed E-state index contributed by atoms with van der Waals surface area (Å²) in [5, 5.41) is 3.29. The van der Waals surface area contributed by atoms with Gasteiger partial charge in [-0.3, -0.25) is 9.78 Å². The van der Waals surface area contributed by atoms with Gasteiger partial charge in [0.15, 0.2) is 0 Å². The van der Waals surface area contributed by atoms with Gasteiger partial charge in [0.25, 0.3) is 0 Å². The second kappa shape index (κ2) is 6.08. The number of aromatic nitrogens is 1. The van der Waals surface area contributed by atoms with Crippen LogP contribution >= 0.6 is 0 Å². The zero-order valence-corrected chi connectivity index (χ0v) is 12.1. The maximum Gasteiger partial charge on any atom is 0.225 e. The molecule has 1 heterocycles. The number of nitrogens with one attached hydrogen (secondary N) is 1. The molecule has 1 aromatic carbocycles. The standard InChI is InChI=1S/C18H20N2O/c21-17(13-15-7-6-12-19-14-15)20-18(10-4-5-11-18)16-8-2-1-3-9-16/h1-3,6-9,12,14H,4-5,10-11,13H2,(H,20,21). The van der Waals surface area contributed by atoms with Crippen molar-refractivity contribution in [2.45, 2.75) is 37.6 Å². The number of carbonyl (C=O) groups is 1. The van der Waals surface area contributed by atoms with E-state index in [1.807, 2.05) is 30.3 Å². The topological polar surface area (TPSA) is 42.0 Å². The molecule has 1 aliphatic carbocycles. The second-order valence-corrected chi connectivity index (χ2v) is 5.74. The number of nitrogens with zero attached hydrogens (tertiary/aromatic N) is 1. The average Bonchev–Trinajstić information content (AvgIpc) is 2.99. The summed E-state index contributed by atoms with van der Waals surface area (Å²) in [6.07, 6.45) is 8.26. The van der Waals surface area contributed by atoms with Gasteiger partial charge in [-0.15, -0.1) is 0 Å². The van der Waals surface area contributed by atoms with Crippen molar-refractivity contribution in [2.75, 3.05) is 0 Å². The van der Waals surface area contributed by atoms with Crippen LogP contribution in [0, 0.1) is 0 Å². The van der Waals surface area contributed by atoms with Crippen LogP contribution in [0.2, 0.25) is 0 Å². The zero-order valence-electron chi connectivity index (χ0n) is 12.1. The molecule has 3 heteroatoms. The lowest BCUT2D eigenvalue weighted by molar-refractivity contribution is -0.122. The fraction of sp³-hybridized carbons (Fsp3) is 0.333. The van der Waals surface area contributed by atoms with Crippen molar-refractivity contribution in [3.63, 3.8) is 0 Å². The molecule has 3 nitrogen and oxygen atoms in total. The molecule has 0 atom stereocenters. The Bertz CT molecular complexity index is 589. The molecule has 1 aromatic heterocycles. The molecule has 0 saturated heterocycles. The quantitative estimate of drug-likeness (QED) is 0.934. The largest absolute Gasteiger partial charge is 0.346 e. The number of benzene rings is 1. The van der Waals surface area contributed by atoms with E-state index in [9.17, 15) is 4.79 Å². The van der Waals surface area contributed by atoms with Gasteiger partial charge in [-0.2, -0.15) is 0 Å². The lowest BCUT2D eigenvalue weighted by Crippen LogP contribution is -2.44. The van der Waals surface area contributed by atoms with Gasteiger partial charge in [0.05, 0.1) is 12.0 Å². The SMILES string of the molecule is O=C(Cc1cccnc1)NC1(c2ccccc2)CCCC1. The highest BCUT2D eigenvalue weighted by molar-refractivity contribution is 5.79. The molecule has 0 radical (unpaired) electrons. The van der Waals surface area contributed by atoms with E-state index in [0.29, 0.717) is 6.42 Å². The summed E-state index contributed by atoms with van der Waals surface area (Å²) in [5.74, 6) is 0.0775. The number of amides is 1. The molecule has 0 bridgehead atoms. The Morgan fingerprint density at radius 2 is 1.86 bits per heavy atom. The lowest BCUT2D eigenvalue weighted by Gasteiger charge is -2.31. The fourth-order valence-electron chi connectivity index (χ4n) is 3.22. The molecule has 1 fully saturated rings. The molecule has 0 unspecified atom stereocenters. The second-order valence-electron chi connectivity index (χ2n) is 5.74. The van der Waals surface area contributed by atoms with Gasteiger partial charge in [0, 0.05) is 12.4 Å². The first-order valence-corrected chi connectivity index (χ1v) is 7.54. The first-order valence-electron chi connectivity index (χ1n) is 7.54. The van der Waals surface area contributed by atoms with Gasteiger partial charge in [0.2, 0.25) is 5.91 Å². The molecule has 108 valence electrons. The maximum atomic E-state index is 12.4.